The molecule has 1 fully saturated rings. The van der Waals surface area contributed by atoms with Crippen LogP contribution in [0.1, 0.15) is 33.7 Å². The standard InChI is InChI=1S/C23H22F2N4O3S/c1-3-6-32-19-10-27-20(13(2)28-19)17(31)8-14-4-5-16(25)15(7-14)23(11-24)18-9-22(18,12-30)33-21(26)29-23/h1,4-5,7,10,18,30H,6,8-9,11-12H2,2H3,(H2,26,29)/t18-,22-,23-/m1/s1. The lowest BCUT2D eigenvalue weighted by molar-refractivity contribution is 0.0986. The number of carbonyl (C=O) groups is 1. The number of ketones is 1. The van der Waals surface area contributed by atoms with E-state index in [0.717, 1.165) is 0 Å². The summed E-state index contributed by atoms with van der Waals surface area (Å²) in [5.41, 5.74) is 5.40. The minimum atomic E-state index is -1.53. The van der Waals surface area contributed by atoms with Crippen molar-refractivity contribution < 1.29 is 23.4 Å². The quantitative estimate of drug-likeness (QED) is 0.448. The van der Waals surface area contributed by atoms with E-state index in [1.165, 1.54) is 36.2 Å². The summed E-state index contributed by atoms with van der Waals surface area (Å²) in [4.78, 5) is 25.5. The number of aliphatic hydroxyl groups excluding tert-OH is 1. The first-order valence-corrected chi connectivity index (χ1v) is 11.0. The molecule has 1 saturated carbocycles. The molecule has 172 valence electrons. The van der Waals surface area contributed by atoms with Crippen LogP contribution in [0.3, 0.4) is 0 Å². The largest absolute Gasteiger partial charge is 0.463 e. The van der Waals surface area contributed by atoms with Crippen molar-refractivity contribution >= 4 is 22.7 Å². The number of aryl methyl sites for hydroxylation is 1. The molecule has 1 aliphatic heterocycles. The number of nitrogens with two attached hydrogens (primary N) is 1. The maximum absolute atomic E-state index is 14.9. The van der Waals surface area contributed by atoms with Crippen molar-refractivity contribution in [2.24, 2.45) is 16.6 Å². The average Bonchev–Trinajstić information content (AvgIpc) is 3.53. The smallest absolute Gasteiger partial charge is 0.233 e. The fourth-order valence-electron chi connectivity index (χ4n) is 4.36. The zero-order chi connectivity index (χ0) is 23.8. The number of terminal acetylenes is 1. The number of nitrogens with zero attached hydrogens (tertiary/aromatic N) is 3. The van der Waals surface area contributed by atoms with Gasteiger partial charge >= 0.3 is 0 Å². The third-order valence-electron chi connectivity index (χ3n) is 6.04. The summed E-state index contributed by atoms with van der Waals surface area (Å²) in [5.74, 6) is 1.14. The fraction of sp³-hybridized carbons (Fsp3) is 0.391. The van der Waals surface area contributed by atoms with Crippen molar-refractivity contribution in [3.63, 3.8) is 0 Å². The van der Waals surface area contributed by atoms with Crippen LogP contribution in [-0.4, -0.2) is 50.7 Å². The van der Waals surface area contributed by atoms with Gasteiger partial charge in [-0.05, 0) is 31.0 Å². The number of halogens is 2. The van der Waals surface area contributed by atoms with E-state index in [1.54, 1.807) is 6.92 Å². The molecular formula is C23H22F2N4O3S. The van der Waals surface area contributed by atoms with Crippen LogP contribution in [0.2, 0.25) is 0 Å². The first kappa shape index (κ1) is 23.1. The molecule has 4 rings (SSSR count). The van der Waals surface area contributed by atoms with Crippen molar-refractivity contribution in [1.29, 1.82) is 0 Å². The van der Waals surface area contributed by atoms with Gasteiger partial charge in [0.05, 0.1) is 23.2 Å². The lowest BCUT2D eigenvalue weighted by Gasteiger charge is -2.34. The molecule has 7 nitrogen and oxygen atoms in total. The number of aliphatic imine (C=N–C) groups is 1. The number of Topliss-reactive ketones (excluding diaryl/α,β-unsaturated/α-hetero) is 1. The Kier molecular flexibility index (Phi) is 6.12. The Balaban J connectivity index is 1.63. The zero-order valence-corrected chi connectivity index (χ0v) is 18.7. The highest BCUT2D eigenvalue weighted by atomic mass is 32.2. The monoisotopic (exact) mass is 472 g/mol. The second-order valence-corrected chi connectivity index (χ2v) is 9.57. The Morgan fingerprint density at radius 1 is 1.48 bits per heavy atom. The number of benzene rings is 1. The van der Waals surface area contributed by atoms with Crippen LogP contribution < -0.4 is 10.5 Å². The minimum Gasteiger partial charge on any atom is -0.463 e. The topological polar surface area (TPSA) is 111 Å². The van der Waals surface area contributed by atoms with Crippen LogP contribution in [0.4, 0.5) is 8.78 Å². The maximum Gasteiger partial charge on any atom is 0.233 e. The molecule has 3 N–H and O–H groups in total. The van der Waals surface area contributed by atoms with Crippen LogP contribution in [0.5, 0.6) is 5.88 Å². The molecule has 3 atom stereocenters. The van der Waals surface area contributed by atoms with E-state index < -0.39 is 28.7 Å². The highest BCUT2D eigenvalue weighted by molar-refractivity contribution is 8.15. The van der Waals surface area contributed by atoms with Gasteiger partial charge in [-0.3, -0.25) is 4.79 Å². The molecule has 2 heterocycles. The van der Waals surface area contributed by atoms with Gasteiger partial charge in [0.2, 0.25) is 5.88 Å². The third kappa shape index (κ3) is 4.07. The number of fused-ring (bicyclic) bond motifs is 1. The van der Waals surface area contributed by atoms with Crippen molar-refractivity contribution in [2.45, 2.75) is 30.1 Å². The minimum absolute atomic E-state index is 0.0275. The van der Waals surface area contributed by atoms with Crippen LogP contribution in [0, 0.1) is 31.0 Å². The van der Waals surface area contributed by atoms with Crippen molar-refractivity contribution in [2.75, 3.05) is 19.9 Å². The fourth-order valence-corrected chi connectivity index (χ4v) is 5.64. The summed E-state index contributed by atoms with van der Waals surface area (Å²) in [7, 11) is 0. The second kappa shape index (κ2) is 8.72. The highest BCUT2D eigenvalue weighted by Crippen LogP contribution is 2.65. The molecular weight excluding hydrogens is 450 g/mol. The maximum atomic E-state index is 14.9. The summed E-state index contributed by atoms with van der Waals surface area (Å²) in [6, 6.07) is 4.11. The molecule has 0 amide bonds. The number of hydrogen-bond acceptors (Lipinski definition) is 8. The molecule has 0 radical (unpaired) electrons. The number of carbonyl (C=O) groups excluding carboxylic acids is 1. The number of thioether (sulfide) groups is 1. The molecule has 0 saturated heterocycles. The van der Waals surface area contributed by atoms with Gasteiger partial charge in [0.15, 0.2) is 17.6 Å². The van der Waals surface area contributed by atoms with E-state index in [4.69, 9.17) is 16.9 Å². The Morgan fingerprint density at radius 2 is 2.27 bits per heavy atom. The first-order valence-electron chi connectivity index (χ1n) is 10.2. The molecule has 1 aromatic heterocycles. The van der Waals surface area contributed by atoms with E-state index in [2.05, 4.69) is 20.9 Å². The first-order chi connectivity index (χ1) is 15.8. The van der Waals surface area contributed by atoms with Gasteiger partial charge in [-0.2, -0.15) is 0 Å². The Hall–Kier alpha value is -3.03. The molecule has 1 aliphatic carbocycles. The average molecular weight is 473 g/mol. The van der Waals surface area contributed by atoms with Gasteiger partial charge in [0.25, 0.3) is 0 Å². The predicted octanol–water partition coefficient (Wildman–Crippen LogP) is 2.34. The Bertz CT molecular complexity index is 1180. The summed E-state index contributed by atoms with van der Waals surface area (Å²) >= 11 is 1.20. The molecule has 0 spiro atoms. The van der Waals surface area contributed by atoms with Crippen molar-refractivity contribution in [3.05, 3.63) is 52.7 Å². The van der Waals surface area contributed by atoms with Gasteiger partial charge in [0.1, 0.15) is 23.7 Å². The van der Waals surface area contributed by atoms with Gasteiger partial charge in [-0.25, -0.2) is 23.7 Å². The summed E-state index contributed by atoms with van der Waals surface area (Å²) in [6.07, 6.45) is 6.83. The SMILES string of the molecule is C#CCOc1cnc(C(=O)Cc2ccc(F)c([C@@]3(CF)N=C(N)S[C@@]4(CO)C[C@H]43)c2)c(C)n1. The van der Waals surface area contributed by atoms with Crippen LogP contribution in [-0.2, 0) is 12.0 Å². The van der Waals surface area contributed by atoms with E-state index in [-0.39, 0.29) is 47.7 Å². The Morgan fingerprint density at radius 3 is 2.94 bits per heavy atom. The Labute approximate surface area is 193 Å². The molecule has 1 aromatic carbocycles. The number of amidine groups is 1. The highest BCUT2D eigenvalue weighted by Gasteiger charge is 2.68. The number of aliphatic hydroxyl groups is 1. The number of ether oxygens (including phenoxy) is 1. The number of hydrogen-bond donors (Lipinski definition) is 2. The van der Waals surface area contributed by atoms with Gasteiger partial charge in [-0.1, -0.05) is 23.7 Å². The molecule has 10 heteroatoms. The normalized spacial score (nSPS) is 25.5. The van der Waals surface area contributed by atoms with Crippen LogP contribution in [0.25, 0.3) is 0 Å². The van der Waals surface area contributed by atoms with E-state index >= 15 is 0 Å². The summed E-state index contributed by atoms with van der Waals surface area (Å²) in [6.45, 7) is 0.466. The van der Waals surface area contributed by atoms with Gasteiger partial charge in [-0.15, -0.1) is 6.42 Å². The van der Waals surface area contributed by atoms with Crippen LogP contribution in [0.15, 0.2) is 29.4 Å². The van der Waals surface area contributed by atoms with Crippen molar-refractivity contribution in [3.8, 4) is 18.2 Å². The van der Waals surface area contributed by atoms with E-state index in [1.807, 2.05) is 0 Å². The predicted molar refractivity (Wildman–Crippen MR) is 120 cm³/mol. The van der Waals surface area contributed by atoms with E-state index in [9.17, 15) is 18.7 Å². The number of rotatable bonds is 8. The molecule has 2 aromatic rings. The molecule has 0 bridgehead atoms. The summed E-state index contributed by atoms with van der Waals surface area (Å²) < 4.78 is 33.9. The molecule has 2 aliphatic rings. The number of alkyl halides is 1. The number of aromatic nitrogens is 2. The van der Waals surface area contributed by atoms with Crippen molar-refractivity contribution in [1.82, 2.24) is 9.97 Å². The summed E-state index contributed by atoms with van der Waals surface area (Å²) in [5, 5.41) is 9.93. The van der Waals surface area contributed by atoms with E-state index in [0.29, 0.717) is 17.7 Å². The third-order valence-corrected chi connectivity index (χ3v) is 7.33. The van der Waals surface area contributed by atoms with Gasteiger partial charge < -0.3 is 15.6 Å². The second-order valence-electron chi connectivity index (χ2n) is 8.14. The lowest BCUT2D eigenvalue weighted by Crippen LogP contribution is -2.41. The molecule has 33 heavy (non-hydrogen) atoms. The van der Waals surface area contributed by atoms with Gasteiger partial charge in [0, 0.05) is 17.9 Å². The molecule has 0 unspecified atom stereocenters. The van der Waals surface area contributed by atoms with Crippen LogP contribution >= 0.6 is 11.8 Å². The zero-order valence-electron chi connectivity index (χ0n) is 17.8. The lowest BCUT2D eigenvalue weighted by atomic mass is 9.83.